The van der Waals surface area contributed by atoms with Crippen molar-refractivity contribution in [1.82, 2.24) is 15.2 Å². The molecule has 2 N–H and O–H groups in total. The molecule has 140 valence electrons. The van der Waals surface area contributed by atoms with Crippen LogP contribution in [-0.4, -0.2) is 41.5 Å². The quantitative estimate of drug-likeness (QED) is 0.610. The molecule has 27 heavy (non-hydrogen) atoms. The molecule has 0 saturated carbocycles. The van der Waals surface area contributed by atoms with Crippen LogP contribution in [0.3, 0.4) is 0 Å². The first kappa shape index (κ1) is 19.1. The van der Waals surface area contributed by atoms with E-state index in [4.69, 9.17) is 0 Å². The predicted molar refractivity (Wildman–Crippen MR) is 101 cm³/mol. The van der Waals surface area contributed by atoms with E-state index in [9.17, 15) is 17.6 Å². The van der Waals surface area contributed by atoms with E-state index < -0.39 is 15.7 Å². The molecule has 1 amide bonds. The third-order valence-electron chi connectivity index (χ3n) is 3.47. The molecule has 0 radical (unpaired) electrons. The number of hydrogen-bond acceptors (Lipinski definition) is 6. The van der Waals surface area contributed by atoms with Crippen molar-refractivity contribution in [3.63, 3.8) is 0 Å². The highest BCUT2D eigenvalue weighted by Crippen LogP contribution is 2.22. The summed E-state index contributed by atoms with van der Waals surface area (Å²) in [7, 11) is -3.35. The molecular weight excluding hydrogens is 391 g/mol. The van der Waals surface area contributed by atoms with E-state index in [1.165, 1.54) is 18.2 Å². The number of nitrogens with one attached hydrogen (secondary N) is 2. The van der Waals surface area contributed by atoms with Crippen LogP contribution in [0.2, 0.25) is 0 Å². The normalized spacial score (nSPS) is 11.3. The molecule has 0 spiro atoms. The Bertz CT molecular complexity index is 1080. The van der Waals surface area contributed by atoms with Crippen LogP contribution >= 0.6 is 11.8 Å². The molecule has 0 saturated heterocycles. The van der Waals surface area contributed by atoms with E-state index >= 15 is 0 Å². The Morgan fingerprint density at radius 2 is 2.00 bits per heavy atom. The average Bonchev–Trinajstić information content (AvgIpc) is 3.09. The first-order valence-corrected chi connectivity index (χ1v) is 10.6. The second-order valence-electron chi connectivity index (χ2n) is 5.58. The molecule has 0 fully saturated rings. The zero-order valence-electron chi connectivity index (χ0n) is 14.1. The number of carbonyl (C=O) groups is 1. The zero-order chi connectivity index (χ0) is 19.4. The SMILES string of the molecule is CS(=O)(=O)c1cccc(NC(=O)CSc2n[nH]c(-c3ccccc3F)n2)c1. The number of aromatic nitrogens is 3. The number of carbonyl (C=O) groups excluding carboxylic acids is 1. The number of thioether (sulfide) groups is 1. The van der Waals surface area contributed by atoms with Crippen LogP contribution in [0.1, 0.15) is 0 Å². The fourth-order valence-corrected chi connectivity index (χ4v) is 3.48. The maximum absolute atomic E-state index is 13.8. The molecule has 7 nitrogen and oxygen atoms in total. The topological polar surface area (TPSA) is 105 Å². The average molecular weight is 406 g/mol. The number of sulfone groups is 1. The molecule has 0 aliphatic carbocycles. The van der Waals surface area contributed by atoms with E-state index in [2.05, 4.69) is 20.5 Å². The Morgan fingerprint density at radius 3 is 2.74 bits per heavy atom. The Kier molecular flexibility index (Phi) is 5.57. The van der Waals surface area contributed by atoms with Crippen molar-refractivity contribution >= 4 is 33.2 Å². The first-order valence-electron chi connectivity index (χ1n) is 7.73. The predicted octanol–water partition coefficient (Wildman–Crippen LogP) is 2.75. The third kappa shape index (κ3) is 4.92. The van der Waals surface area contributed by atoms with Crippen LogP contribution in [0, 0.1) is 5.82 Å². The van der Waals surface area contributed by atoms with Crippen LogP contribution in [0.5, 0.6) is 0 Å². The van der Waals surface area contributed by atoms with Crippen molar-refractivity contribution in [1.29, 1.82) is 0 Å². The largest absolute Gasteiger partial charge is 0.325 e. The summed E-state index contributed by atoms with van der Waals surface area (Å²) in [4.78, 5) is 16.4. The molecular formula is C17H15FN4O3S2. The summed E-state index contributed by atoms with van der Waals surface area (Å²) < 4.78 is 36.9. The number of amides is 1. The second-order valence-corrected chi connectivity index (χ2v) is 8.54. The summed E-state index contributed by atoms with van der Waals surface area (Å²) in [5.41, 5.74) is 0.671. The van der Waals surface area contributed by atoms with Crippen molar-refractivity contribution in [2.45, 2.75) is 10.1 Å². The van der Waals surface area contributed by atoms with Crippen LogP contribution in [-0.2, 0) is 14.6 Å². The van der Waals surface area contributed by atoms with Crippen LogP contribution in [0.15, 0.2) is 58.6 Å². The van der Waals surface area contributed by atoms with E-state index in [1.807, 2.05) is 0 Å². The molecule has 0 atom stereocenters. The van der Waals surface area contributed by atoms with Gasteiger partial charge in [-0.25, -0.2) is 17.8 Å². The van der Waals surface area contributed by atoms with Crippen LogP contribution in [0.25, 0.3) is 11.4 Å². The lowest BCUT2D eigenvalue weighted by molar-refractivity contribution is -0.113. The molecule has 1 heterocycles. The maximum atomic E-state index is 13.8. The smallest absolute Gasteiger partial charge is 0.234 e. The highest BCUT2D eigenvalue weighted by molar-refractivity contribution is 7.99. The monoisotopic (exact) mass is 406 g/mol. The Balaban J connectivity index is 1.61. The fourth-order valence-electron chi connectivity index (χ4n) is 2.22. The van der Waals surface area contributed by atoms with Crippen molar-refractivity contribution < 1.29 is 17.6 Å². The lowest BCUT2D eigenvalue weighted by Crippen LogP contribution is -2.14. The zero-order valence-corrected chi connectivity index (χ0v) is 15.8. The van der Waals surface area contributed by atoms with Gasteiger partial charge in [-0.15, -0.1) is 5.10 Å². The van der Waals surface area contributed by atoms with Crippen molar-refractivity contribution in [2.75, 3.05) is 17.3 Å². The number of halogens is 1. The Hall–Kier alpha value is -2.72. The molecule has 0 bridgehead atoms. The lowest BCUT2D eigenvalue weighted by atomic mass is 10.2. The van der Waals surface area contributed by atoms with Gasteiger partial charge in [-0.1, -0.05) is 30.0 Å². The van der Waals surface area contributed by atoms with Crippen LogP contribution in [0.4, 0.5) is 10.1 Å². The molecule has 3 rings (SSSR count). The lowest BCUT2D eigenvalue weighted by Gasteiger charge is -2.06. The van der Waals surface area contributed by atoms with Crippen LogP contribution < -0.4 is 5.32 Å². The molecule has 0 unspecified atom stereocenters. The highest BCUT2D eigenvalue weighted by atomic mass is 32.2. The molecule has 10 heteroatoms. The van der Waals surface area contributed by atoms with Gasteiger partial charge in [0, 0.05) is 11.9 Å². The Labute approximate surface area is 159 Å². The summed E-state index contributed by atoms with van der Waals surface area (Å²) in [6.45, 7) is 0. The summed E-state index contributed by atoms with van der Waals surface area (Å²) in [6.07, 6.45) is 1.10. The molecule has 2 aromatic carbocycles. The molecule has 1 aromatic heterocycles. The number of H-pyrrole nitrogens is 1. The minimum absolute atomic E-state index is 0.0116. The van der Waals surface area contributed by atoms with Crippen molar-refractivity contribution in [2.24, 2.45) is 0 Å². The molecule has 0 aliphatic rings. The maximum Gasteiger partial charge on any atom is 0.234 e. The summed E-state index contributed by atoms with van der Waals surface area (Å²) in [6, 6.07) is 12.2. The van der Waals surface area contributed by atoms with Gasteiger partial charge in [0.1, 0.15) is 5.82 Å². The van der Waals surface area contributed by atoms with E-state index in [0.29, 0.717) is 16.4 Å². The number of anilines is 1. The van der Waals surface area contributed by atoms with Gasteiger partial charge in [0.25, 0.3) is 0 Å². The molecule has 3 aromatic rings. The van der Waals surface area contributed by atoms with Crippen molar-refractivity contribution in [3.8, 4) is 11.4 Å². The fraction of sp³-hybridized carbons (Fsp3) is 0.118. The number of nitrogens with zero attached hydrogens (tertiary/aromatic N) is 2. The van der Waals surface area contributed by atoms with E-state index in [-0.39, 0.29) is 22.4 Å². The standard InChI is InChI=1S/C17H15FN4O3S2/c1-27(24,25)12-6-4-5-11(9-12)19-15(23)10-26-17-20-16(21-22-17)13-7-2-3-8-14(13)18/h2-9H,10H2,1H3,(H,19,23)(H,20,21,22). The van der Waals surface area contributed by atoms with Crippen molar-refractivity contribution in [3.05, 3.63) is 54.3 Å². The minimum atomic E-state index is -3.35. The second kappa shape index (κ2) is 7.89. The van der Waals surface area contributed by atoms with Gasteiger partial charge in [-0.3, -0.25) is 9.89 Å². The third-order valence-corrected chi connectivity index (χ3v) is 5.43. The van der Waals surface area contributed by atoms with Gasteiger partial charge in [0.05, 0.1) is 16.2 Å². The number of hydrogen-bond donors (Lipinski definition) is 2. The van der Waals surface area contributed by atoms with Gasteiger partial charge in [-0.05, 0) is 30.3 Å². The summed E-state index contributed by atoms with van der Waals surface area (Å²) in [5, 5.41) is 9.52. The number of rotatable bonds is 6. The van der Waals surface area contributed by atoms with Gasteiger partial charge in [0.2, 0.25) is 11.1 Å². The van der Waals surface area contributed by atoms with Gasteiger partial charge < -0.3 is 5.32 Å². The van der Waals surface area contributed by atoms with Gasteiger partial charge in [-0.2, -0.15) is 0 Å². The first-order chi connectivity index (χ1) is 12.8. The van der Waals surface area contributed by atoms with Gasteiger partial charge in [0.15, 0.2) is 15.7 Å². The van der Waals surface area contributed by atoms with E-state index in [0.717, 1.165) is 18.0 Å². The molecule has 0 aliphatic heterocycles. The van der Waals surface area contributed by atoms with Gasteiger partial charge >= 0.3 is 0 Å². The highest BCUT2D eigenvalue weighted by Gasteiger charge is 2.13. The Morgan fingerprint density at radius 1 is 1.22 bits per heavy atom. The van der Waals surface area contributed by atoms with E-state index in [1.54, 1.807) is 30.3 Å². The minimum Gasteiger partial charge on any atom is -0.325 e. The summed E-state index contributed by atoms with van der Waals surface area (Å²) in [5.74, 6) is -0.481. The number of benzene rings is 2. The summed E-state index contributed by atoms with van der Waals surface area (Å²) >= 11 is 1.07. The number of aromatic amines is 1.